The van der Waals surface area contributed by atoms with Crippen LogP contribution in [0.3, 0.4) is 0 Å². The van der Waals surface area contributed by atoms with E-state index in [1.165, 1.54) is 18.5 Å². The molecular formula is C21H19ClFN5O. The van der Waals surface area contributed by atoms with Crippen LogP contribution in [-0.4, -0.2) is 47.1 Å². The first-order valence-corrected chi connectivity index (χ1v) is 9.61. The SMILES string of the molecule is O=C(Nc1ccccc1Cl)N1CCN(c2cc(-c3ccc(F)cc3)ncn2)CC1. The molecule has 0 unspecified atom stereocenters. The monoisotopic (exact) mass is 411 g/mol. The third-order valence-electron chi connectivity index (χ3n) is 4.80. The van der Waals surface area contributed by atoms with E-state index < -0.39 is 0 Å². The number of hydrogen-bond acceptors (Lipinski definition) is 4. The second-order valence-electron chi connectivity index (χ2n) is 6.65. The predicted octanol–water partition coefficient (Wildman–Crippen LogP) is 4.29. The zero-order valence-electron chi connectivity index (χ0n) is 15.6. The van der Waals surface area contributed by atoms with Crippen molar-refractivity contribution in [2.24, 2.45) is 0 Å². The van der Waals surface area contributed by atoms with Crippen LogP contribution in [0.2, 0.25) is 5.02 Å². The van der Waals surface area contributed by atoms with Crippen LogP contribution in [0.25, 0.3) is 11.3 Å². The summed E-state index contributed by atoms with van der Waals surface area (Å²) in [5, 5.41) is 3.36. The molecule has 1 fully saturated rings. The average Bonchev–Trinajstić information content (AvgIpc) is 2.76. The molecule has 2 amide bonds. The number of para-hydroxylation sites is 1. The number of nitrogens with zero attached hydrogens (tertiary/aromatic N) is 4. The Labute approximate surface area is 173 Å². The lowest BCUT2D eigenvalue weighted by atomic mass is 10.1. The standard InChI is InChI=1S/C21H19ClFN5O/c22-17-3-1-2-4-18(17)26-21(29)28-11-9-27(10-12-28)20-13-19(24-14-25-20)15-5-7-16(23)8-6-15/h1-8,13-14H,9-12H2,(H,26,29). The Bertz CT molecular complexity index is 1010. The van der Waals surface area contributed by atoms with Crippen LogP contribution in [0.4, 0.5) is 20.7 Å². The minimum absolute atomic E-state index is 0.174. The van der Waals surface area contributed by atoms with Crippen molar-refractivity contribution >= 4 is 29.1 Å². The fourth-order valence-electron chi connectivity index (χ4n) is 3.19. The second-order valence-corrected chi connectivity index (χ2v) is 7.06. The summed E-state index contributed by atoms with van der Waals surface area (Å²) in [5.74, 6) is 0.500. The largest absolute Gasteiger partial charge is 0.353 e. The molecule has 0 radical (unpaired) electrons. The van der Waals surface area contributed by atoms with Gasteiger partial charge in [0.2, 0.25) is 0 Å². The van der Waals surface area contributed by atoms with Gasteiger partial charge in [0.1, 0.15) is 18.0 Å². The van der Waals surface area contributed by atoms with Gasteiger partial charge in [-0.05, 0) is 36.4 Å². The van der Waals surface area contributed by atoms with Crippen molar-refractivity contribution in [2.45, 2.75) is 0 Å². The smallest absolute Gasteiger partial charge is 0.322 e. The number of amides is 2. The number of rotatable bonds is 3. The van der Waals surface area contributed by atoms with Gasteiger partial charge < -0.3 is 15.1 Å². The highest BCUT2D eigenvalue weighted by Gasteiger charge is 2.22. The van der Waals surface area contributed by atoms with Crippen LogP contribution < -0.4 is 10.2 Å². The van der Waals surface area contributed by atoms with E-state index in [-0.39, 0.29) is 11.8 Å². The van der Waals surface area contributed by atoms with Gasteiger partial charge in [-0.25, -0.2) is 19.2 Å². The van der Waals surface area contributed by atoms with Crippen molar-refractivity contribution in [3.05, 3.63) is 71.8 Å². The van der Waals surface area contributed by atoms with Gasteiger partial charge in [-0.15, -0.1) is 0 Å². The fourth-order valence-corrected chi connectivity index (χ4v) is 3.38. The summed E-state index contributed by atoms with van der Waals surface area (Å²) in [6, 6.07) is 15.1. The summed E-state index contributed by atoms with van der Waals surface area (Å²) >= 11 is 6.11. The van der Waals surface area contributed by atoms with Crippen LogP contribution in [0.1, 0.15) is 0 Å². The summed E-state index contributed by atoms with van der Waals surface area (Å²) < 4.78 is 13.1. The molecule has 0 saturated carbocycles. The van der Waals surface area contributed by atoms with E-state index in [9.17, 15) is 9.18 Å². The van der Waals surface area contributed by atoms with Gasteiger partial charge in [-0.3, -0.25) is 0 Å². The molecule has 1 aliphatic heterocycles. The number of carbonyl (C=O) groups excluding carboxylic acids is 1. The number of carbonyl (C=O) groups is 1. The fraction of sp³-hybridized carbons (Fsp3) is 0.190. The number of nitrogens with one attached hydrogen (secondary N) is 1. The Morgan fingerprint density at radius 2 is 1.72 bits per heavy atom. The number of aromatic nitrogens is 2. The maximum Gasteiger partial charge on any atom is 0.322 e. The van der Waals surface area contributed by atoms with Crippen molar-refractivity contribution in [1.82, 2.24) is 14.9 Å². The van der Waals surface area contributed by atoms with E-state index in [0.717, 1.165) is 17.1 Å². The first-order valence-electron chi connectivity index (χ1n) is 9.23. The van der Waals surface area contributed by atoms with Crippen LogP contribution in [-0.2, 0) is 0 Å². The Hall–Kier alpha value is -3.19. The molecule has 29 heavy (non-hydrogen) atoms. The van der Waals surface area contributed by atoms with E-state index in [1.807, 2.05) is 18.2 Å². The number of hydrogen-bond donors (Lipinski definition) is 1. The van der Waals surface area contributed by atoms with Crippen molar-refractivity contribution in [1.29, 1.82) is 0 Å². The van der Waals surface area contributed by atoms with Crippen molar-refractivity contribution in [3.8, 4) is 11.3 Å². The molecule has 1 aromatic heterocycles. The van der Waals surface area contributed by atoms with Gasteiger partial charge >= 0.3 is 6.03 Å². The first kappa shape index (κ1) is 19.1. The van der Waals surface area contributed by atoms with Crippen LogP contribution in [0, 0.1) is 5.82 Å². The van der Waals surface area contributed by atoms with E-state index in [4.69, 9.17) is 11.6 Å². The molecule has 4 rings (SSSR count). The summed E-state index contributed by atoms with van der Waals surface area (Å²) in [7, 11) is 0. The molecule has 0 aliphatic carbocycles. The highest BCUT2D eigenvalue weighted by molar-refractivity contribution is 6.33. The molecule has 0 spiro atoms. The number of piperazine rings is 1. The highest BCUT2D eigenvalue weighted by atomic mass is 35.5. The molecule has 1 N–H and O–H groups in total. The topological polar surface area (TPSA) is 61.4 Å². The lowest BCUT2D eigenvalue weighted by Crippen LogP contribution is -2.50. The van der Waals surface area contributed by atoms with E-state index in [2.05, 4.69) is 20.2 Å². The maximum absolute atomic E-state index is 13.1. The quantitative estimate of drug-likeness (QED) is 0.698. The average molecular weight is 412 g/mol. The van der Waals surface area contributed by atoms with Gasteiger partial charge in [0.15, 0.2) is 0 Å². The van der Waals surface area contributed by atoms with Gasteiger partial charge in [-0.2, -0.15) is 0 Å². The summed E-state index contributed by atoms with van der Waals surface area (Å²) in [5.41, 5.74) is 2.16. The third-order valence-corrected chi connectivity index (χ3v) is 5.13. The number of halogens is 2. The van der Waals surface area contributed by atoms with Gasteiger partial charge in [-0.1, -0.05) is 23.7 Å². The third kappa shape index (κ3) is 4.46. The Balaban J connectivity index is 1.39. The summed E-state index contributed by atoms with van der Waals surface area (Å²) in [4.78, 5) is 25.0. The lowest BCUT2D eigenvalue weighted by molar-refractivity contribution is 0.208. The Kier molecular flexibility index (Phi) is 5.57. The molecule has 0 bridgehead atoms. The van der Waals surface area contributed by atoms with Gasteiger partial charge in [0.25, 0.3) is 0 Å². The van der Waals surface area contributed by atoms with E-state index >= 15 is 0 Å². The van der Waals surface area contributed by atoms with Crippen LogP contribution in [0.5, 0.6) is 0 Å². The Morgan fingerprint density at radius 1 is 1.00 bits per heavy atom. The van der Waals surface area contributed by atoms with E-state index in [0.29, 0.717) is 36.9 Å². The lowest BCUT2D eigenvalue weighted by Gasteiger charge is -2.35. The number of benzene rings is 2. The Morgan fingerprint density at radius 3 is 2.45 bits per heavy atom. The highest BCUT2D eigenvalue weighted by Crippen LogP contribution is 2.23. The van der Waals surface area contributed by atoms with Crippen LogP contribution >= 0.6 is 11.6 Å². The number of urea groups is 1. The number of anilines is 2. The molecular weight excluding hydrogens is 393 g/mol. The zero-order valence-corrected chi connectivity index (χ0v) is 16.3. The zero-order chi connectivity index (χ0) is 20.2. The van der Waals surface area contributed by atoms with Gasteiger partial charge in [0, 0.05) is 37.8 Å². The molecule has 3 aromatic rings. The molecule has 2 aromatic carbocycles. The van der Waals surface area contributed by atoms with Gasteiger partial charge in [0.05, 0.1) is 16.4 Å². The molecule has 6 nitrogen and oxygen atoms in total. The first-order chi connectivity index (χ1) is 14.1. The second kappa shape index (κ2) is 8.45. The molecule has 0 atom stereocenters. The summed E-state index contributed by atoms with van der Waals surface area (Å²) in [6.45, 7) is 2.42. The minimum Gasteiger partial charge on any atom is -0.353 e. The molecule has 1 aliphatic rings. The molecule has 148 valence electrons. The predicted molar refractivity (Wildman–Crippen MR) is 112 cm³/mol. The maximum atomic E-state index is 13.1. The summed E-state index contributed by atoms with van der Waals surface area (Å²) in [6.07, 6.45) is 1.50. The van der Waals surface area contributed by atoms with Crippen molar-refractivity contribution in [3.63, 3.8) is 0 Å². The normalized spacial score (nSPS) is 14.0. The van der Waals surface area contributed by atoms with Crippen molar-refractivity contribution in [2.75, 3.05) is 36.4 Å². The minimum atomic E-state index is -0.283. The molecule has 1 saturated heterocycles. The molecule has 2 heterocycles. The van der Waals surface area contributed by atoms with Crippen LogP contribution in [0.15, 0.2) is 60.9 Å². The van der Waals surface area contributed by atoms with E-state index in [1.54, 1.807) is 29.2 Å². The van der Waals surface area contributed by atoms with Crippen molar-refractivity contribution < 1.29 is 9.18 Å². The molecule has 8 heteroatoms.